The summed E-state index contributed by atoms with van der Waals surface area (Å²) >= 11 is 1.16. The second-order valence-electron chi connectivity index (χ2n) is 5.75. The molecule has 1 N–H and O–H groups in total. The van der Waals surface area contributed by atoms with Crippen LogP contribution in [-0.4, -0.2) is 10.5 Å². The maximum absolute atomic E-state index is 12.2. The third-order valence-corrected chi connectivity index (χ3v) is 4.70. The van der Waals surface area contributed by atoms with Crippen molar-refractivity contribution in [1.29, 1.82) is 0 Å². The van der Waals surface area contributed by atoms with Crippen LogP contribution in [0.2, 0.25) is 0 Å². The van der Waals surface area contributed by atoms with Crippen molar-refractivity contribution in [3.63, 3.8) is 0 Å². The minimum Gasteiger partial charge on any atom is -0.325 e. The lowest BCUT2D eigenvalue weighted by Crippen LogP contribution is -2.24. The van der Waals surface area contributed by atoms with Gasteiger partial charge in [-0.15, -0.1) is 0 Å². The number of para-hydroxylation sites is 1. The summed E-state index contributed by atoms with van der Waals surface area (Å²) in [5.74, 6) is 0.253. The van der Waals surface area contributed by atoms with Gasteiger partial charge in [0.15, 0.2) is 0 Å². The van der Waals surface area contributed by atoms with Crippen LogP contribution in [0.25, 0.3) is 10.2 Å². The number of hydrogen-bond acceptors (Lipinski definition) is 3. The average molecular weight is 326 g/mol. The van der Waals surface area contributed by atoms with E-state index < -0.39 is 0 Å². The van der Waals surface area contributed by atoms with Gasteiger partial charge in [-0.2, -0.15) is 0 Å². The molecule has 0 atom stereocenters. The second kappa shape index (κ2) is 6.38. The molecule has 0 fully saturated rings. The molecular formula is C18H18N2O2S. The van der Waals surface area contributed by atoms with Crippen LogP contribution in [-0.2, 0) is 11.3 Å². The van der Waals surface area contributed by atoms with Crippen molar-refractivity contribution in [2.45, 2.75) is 26.3 Å². The van der Waals surface area contributed by atoms with E-state index in [0.29, 0.717) is 5.92 Å². The number of aromatic nitrogens is 1. The van der Waals surface area contributed by atoms with Crippen LogP contribution >= 0.6 is 11.3 Å². The SMILES string of the molecule is CC(C)c1ccc(NC(=O)Cn2c(=O)sc3ccccc32)cc1. The summed E-state index contributed by atoms with van der Waals surface area (Å²) in [5.41, 5.74) is 2.77. The van der Waals surface area contributed by atoms with Gasteiger partial charge in [0.05, 0.1) is 10.2 Å². The topological polar surface area (TPSA) is 51.1 Å². The lowest BCUT2D eigenvalue weighted by atomic mass is 10.0. The summed E-state index contributed by atoms with van der Waals surface area (Å²) in [7, 11) is 0. The van der Waals surface area contributed by atoms with Gasteiger partial charge in [0.1, 0.15) is 6.54 Å². The molecule has 4 nitrogen and oxygen atoms in total. The lowest BCUT2D eigenvalue weighted by Gasteiger charge is -2.09. The molecule has 23 heavy (non-hydrogen) atoms. The van der Waals surface area contributed by atoms with Crippen molar-refractivity contribution < 1.29 is 4.79 Å². The highest BCUT2D eigenvalue weighted by Gasteiger charge is 2.11. The molecule has 0 bridgehead atoms. The molecule has 1 heterocycles. The summed E-state index contributed by atoms with van der Waals surface area (Å²) in [6, 6.07) is 15.3. The fourth-order valence-corrected chi connectivity index (χ4v) is 3.35. The van der Waals surface area contributed by atoms with Crippen molar-refractivity contribution in [3.05, 3.63) is 63.8 Å². The summed E-state index contributed by atoms with van der Waals surface area (Å²) in [5, 5.41) is 2.84. The zero-order valence-corrected chi connectivity index (χ0v) is 13.9. The highest BCUT2D eigenvalue weighted by atomic mass is 32.1. The number of hydrogen-bond donors (Lipinski definition) is 1. The molecule has 0 aliphatic heterocycles. The van der Waals surface area contributed by atoms with Crippen LogP contribution < -0.4 is 10.2 Å². The zero-order chi connectivity index (χ0) is 16.4. The first kappa shape index (κ1) is 15.5. The Kier molecular flexibility index (Phi) is 4.30. The molecule has 0 aliphatic rings. The van der Waals surface area contributed by atoms with Crippen LogP contribution in [0.1, 0.15) is 25.3 Å². The normalized spacial score (nSPS) is 11.1. The number of rotatable bonds is 4. The number of benzene rings is 2. The molecule has 0 saturated heterocycles. The molecule has 0 aliphatic carbocycles. The van der Waals surface area contributed by atoms with Crippen LogP contribution in [0, 0.1) is 0 Å². The van der Waals surface area contributed by atoms with E-state index in [1.807, 2.05) is 48.5 Å². The van der Waals surface area contributed by atoms with Gasteiger partial charge in [-0.1, -0.05) is 49.4 Å². The molecule has 1 aromatic heterocycles. The molecule has 0 unspecified atom stereocenters. The average Bonchev–Trinajstić information content (AvgIpc) is 2.84. The maximum Gasteiger partial charge on any atom is 0.308 e. The molecule has 2 aromatic carbocycles. The number of anilines is 1. The highest BCUT2D eigenvalue weighted by Crippen LogP contribution is 2.18. The zero-order valence-electron chi connectivity index (χ0n) is 13.1. The molecule has 5 heteroatoms. The van der Waals surface area contributed by atoms with Gasteiger partial charge >= 0.3 is 4.87 Å². The number of fused-ring (bicyclic) bond motifs is 1. The second-order valence-corrected chi connectivity index (χ2v) is 6.74. The van der Waals surface area contributed by atoms with E-state index in [1.54, 1.807) is 0 Å². The predicted octanol–water partition coefficient (Wildman–Crippen LogP) is 3.83. The van der Waals surface area contributed by atoms with Crippen LogP contribution in [0.15, 0.2) is 53.3 Å². The lowest BCUT2D eigenvalue weighted by molar-refractivity contribution is -0.116. The Bertz CT molecular complexity index is 891. The van der Waals surface area contributed by atoms with Gasteiger partial charge in [0.25, 0.3) is 0 Å². The van der Waals surface area contributed by atoms with E-state index in [1.165, 1.54) is 10.1 Å². The van der Waals surface area contributed by atoms with E-state index in [-0.39, 0.29) is 17.3 Å². The van der Waals surface area contributed by atoms with Gasteiger partial charge < -0.3 is 5.32 Å². The quantitative estimate of drug-likeness (QED) is 0.792. The number of carbonyl (C=O) groups excluding carboxylic acids is 1. The first-order valence-electron chi connectivity index (χ1n) is 7.53. The first-order valence-corrected chi connectivity index (χ1v) is 8.34. The first-order chi connectivity index (χ1) is 11.0. The van der Waals surface area contributed by atoms with Gasteiger partial charge in [-0.3, -0.25) is 14.2 Å². The van der Waals surface area contributed by atoms with Crippen molar-refractivity contribution in [3.8, 4) is 0 Å². The Labute approximate surface area is 138 Å². The summed E-state index contributed by atoms with van der Waals surface area (Å²) in [4.78, 5) is 24.2. The Morgan fingerprint density at radius 1 is 1.13 bits per heavy atom. The van der Waals surface area contributed by atoms with Crippen LogP contribution in [0.5, 0.6) is 0 Å². The minimum absolute atomic E-state index is 0.0226. The van der Waals surface area contributed by atoms with E-state index >= 15 is 0 Å². The number of nitrogens with zero attached hydrogens (tertiary/aromatic N) is 1. The van der Waals surface area contributed by atoms with E-state index in [2.05, 4.69) is 19.2 Å². The molecular weight excluding hydrogens is 308 g/mol. The third-order valence-electron chi connectivity index (χ3n) is 3.74. The number of nitrogens with one attached hydrogen (secondary N) is 1. The number of thiazole rings is 1. The summed E-state index contributed by atoms with van der Waals surface area (Å²) in [6.07, 6.45) is 0. The molecule has 0 spiro atoms. The molecule has 1 amide bonds. The van der Waals surface area contributed by atoms with Gasteiger partial charge in [0.2, 0.25) is 5.91 Å². The molecule has 0 saturated carbocycles. The smallest absolute Gasteiger partial charge is 0.308 e. The summed E-state index contributed by atoms with van der Waals surface area (Å²) < 4.78 is 2.41. The molecule has 0 radical (unpaired) electrons. The van der Waals surface area contributed by atoms with Gasteiger partial charge in [0, 0.05) is 5.69 Å². The monoisotopic (exact) mass is 326 g/mol. The largest absolute Gasteiger partial charge is 0.325 e. The van der Waals surface area contributed by atoms with Crippen LogP contribution in [0.3, 0.4) is 0 Å². The van der Waals surface area contributed by atoms with E-state index in [4.69, 9.17) is 0 Å². The van der Waals surface area contributed by atoms with E-state index in [0.717, 1.165) is 27.2 Å². The Morgan fingerprint density at radius 3 is 2.52 bits per heavy atom. The van der Waals surface area contributed by atoms with Crippen molar-refractivity contribution in [1.82, 2.24) is 4.57 Å². The van der Waals surface area contributed by atoms with Gasteiger partial charge in [-0.05, 0) is 35.7 Å². The number of amides is 1. The van der Waals surface area contributed by atoms with Crippen molar-refractivity contribution in [2.75, 3.05) is 5.32 Å². The van der Waals surface area contributed by atoms with Crippen molar-refractivity contribution >= 4 is 33.1 Å². The molecule has 118 valence electrons. The summed E-state index contributed by atoms with van der Waals surface area (Å²) in [6.45, 7) is 4.28. The van der Waals surface area contributed by atoms with Gasteiger partial charge in [-0.25, -0.2) is 0 Å². The third kappa shape index (κ3) is 3.35. The standard InChI is InChI=1S/C18H18N2O2S/c1-12(2)13-7-9-14(10-8-13)19-17(21)11-20-15-5-3-4-6-16(15)23-18(20)22/h3-10,12H,11H2,1-2H3,(H,19,21). The van der Waals surface area contributed by atoms with E-state index in [9.17, 15) is 9.59 Å². The number of carbonyl (C=O) groups is 1. The fourth-order valence-electron chi connectivity index (χ4n) is 2.46. The van der Waals surface area contributed by atoms with Crippen molar-refractivity contribution in [2.24, 2.45) is 0 Å². The Balaban J connectivity index is 1.76. The Morgan fingerprint density at radius 2 is 1.83 bits per heavy atom. The van der Waals surface area contributed by atoms with Crippen LogP contribution in [0.4, 0.5) is 5.69 Å². The minimum atomic E-state index is -0.201. The highest BCUT2D eigenvalue weighted by molar-refractivity contribution is 7.16. The molecule has 3 rings (SSSR count). The molecule has 3 aromatic rings. The fraction of sp³-hybridized carbons (Fsp3) is 0.222. The predicted molar refractivity (Wildman–Crippen MR) is 95.2 cm³/mol. The maximum atomic E-state index is 12.2. The Hall–Kier alpha value is -2.40.